The Bertz CT molecular complexity index is 1320. The monoisotopic (exact) mass is 431 g/mol. The second kappa shape index (κ2) is 7.09. The third kappa shape index (κ3) is 2.85. The standard InChI is InChI=1S/C20H15Cl2N3O4/c1-2-29-20(28)15-16(13-8-7-10(21)9-14(13)22)24-18(26)11-5-3-4-6-12(11)19(27)25(24)17(15)23/h3-9,16H,2,23H2,1H3. The summed E-state index contributed by atoms with van der Waals surface area (Å²) in [4.78, 5) is 39.2. The number of nitrogens with two attached hydrogens (primary N) is 1. The van der Waals surface area contributed by atoms with Gasteiger partial charge in [0.25, 0.3) is 11.1 Å². The van der Waals surface area contributed by atoms with E-state index in [9.17, 15) is 14.4 Å². The Morgan fingerprint density at radius 1 is 1.10 bits per heavy atom. The molecule has 148 valence electrons. The quantitative estimate of drug-likeness (QED) is 0.643. The van der Waals surface area contributed by atoms with E-state index in [1.807, 2.05) is 0 Å². The highest BCUT2D eigenvalue weighted by atomic mass is 35.5. The van der Waals surface area contributed by atoms with Crippen molar-refractivity contribution in [1.29, 1.82) is 0 Å². The summed E-state index contributed by atoms with van der Waals surface area (Å²) < 4.78 is 7.29. The molecule has 0 bridgehead atoms. The van der Waals surface area contributed by atoms with Gasteiger partial charge in [0.1, 0.15) is 17.4 Å². The molecule has 0 aliphatic carbocycles. The number of halogens is 2. The van der Waals surface area contributed by atoms with Gasteiger partial charge in [-0.1, -0.05) is 41.4 Å². The van der Waals surface area contributed by atoms with Crippen molar-refractivity contribution in [2.75, 3.05) is 6.61 Å². The molecule has 2 N–H and O–H groups in total. The molecule has 9 heteroatoms. The highest BCUT2D eigenvalue weighted by Gasteiger charge is 2.39. The minimum atomic E-state index is -1.04. The fourth-order valence-electron chi connectivity index (χ4n) is 3.55. The van der Waals surface area contributed by atoms with Crippen molar-refractivity contribution in [2.24, 2.45) is 5.73 Å². The second-order valence-corrected chi connectivity index (χ2v) is 7.24. The van der Waals surface area contributed by atoms with Gasteiger partial charge in [-0.3, -0.25) is 9.59 Å². The molecule has 1 atom stereocenters. The van der Waals surface area contributed by atoms with E-state index in [2.05, 4.69) is 0 Å². The molecule has 1 aliphatic heterocycles. The first-order valence-corrected chi connectivity index (χ1v) is 9.51. The molecular weight excluding hydrogens is 417 g/mol. The van der Waals surface area contributed by atoms with Gasteiger partial charge in [-0.15, -0.1) is 0 Å². The van der Waals surface area contributed by atoms with Gasteiger partial charge in [0.05, 0.1) is 17.4 Å². The van der Waals surface area contributed by atoms with Crippen LogP contribution in [0.25, 0.3) is 16.6 Å². The second-order valence-electron chi connectivity index (χ2n) is 6.40. The lowest BCUT2D eigenvalue weighted by Gasteiger charge is -2.19. The number of carbonyl (C=O) groups is 1. The molecule has 2 heterocycles. The Labute approximate surface area is 174 Å². The lowest BCUT2D eigenvalue weighted by molar-refractivity contribution is -0.138. The molecule has 1 aromatic heterocycles. The first-order chi connectivity index (χ1) is 13.9. The van der Waals surface area contributed by atoms with E-state index < -0.39 is 23.1 Å². The van der Waals surface area contributed by atoms with Crippen LogP contribution in [0.1, 0.15) is 18.5 Å². The van der Waals surface area contributed by atoms with Crippen LogP contribution in [0.2, 0.25) is 10.0 Å². The Hall–Kier alpha value is -3.03. The molecule has 0 fully saturated rings. The van der Waals surface area contributed by atoms with Crippen molar-refractivity contribution >= 4 is 45.8 Å². The number of aromatic nitrogens is 2. The number of hydrogen-bond acceptors (Lipinski definition) is 5. The van der Waals surface area contributed by atoms with Crippen LogP contribution in [0.4, 0.5) is 0 Å². The Morgan fingerprint density at radius 2 is 1.76 bits per heavy atom. The topological polar surface area (TPSA) is 96.3 Å². The van der Waals surface area contributed by atoms with Gasteiger partial charge >= 0.3 is 5.97 Å². The van der Waals surface area contributed by atoms with E-state index in [0.717, 1.165) is 9.36 Å². The van der Waals surface area contributed by atoms with Crippen LogP contribution in [0.3, 0.4) is 0 Å². The predicted molar refractivity (Wildman–Crippen MR) is 111 cm³/mol. The summed E-state index contributed by atoms with van der Waals surface area (Å²) in [5.74, 6) is -0.910. The van der Waals surface area contributed by atoms with E-state index in [-0.39, 0.29) is 33.8 Å². The molecule has 0 amide bonds. The fraction of sp³-hybridized carbons (Fsp3) is 0.150. The van der Waals surface area contributed by atoms with Crippen molar-refractivity contribution in [3.63, 3.8) is 0 Å². The number of ether oxygens (including phenoxy) is 1. The zero-order valence-corrected chi connectivity index (χ0v) is 16.7. The first-order valence-electron chi connectivity index (χ1n) is 8.75. The minimum absolute atomic E-state index is 0.0365. The zero-order chi connectivity index (χ0) is 20.9. The van der Waals surface area contributed by atoms with Crippen molar-refractivity contribution in [3.05, 3.63) is 84.4 Å². The van der Waals surface area contributed by atoms with Gasteiger partial charge in [-0.2, -0.15) is 4.68 Å². The number of rotatable bonds is 3. The van der Waals surface area contributed by atoms with Gasteiger partial charge in [0.2, 0.25) is 0 Å². The van der Waals surface area contributed by atoms with Crippen LogP contribution < -0.4 is 16.9 Å². The predicted octanol–water partition coefficient (Wildman–Crippen LogP) is 2.76. The Balaban J connectivity index is 2.13. The van der Waals surface area contributed by atoms with Crippen LogP contribution in [0, 0.1) is 0 Å². The van der Waals surface area contributed by atoms with Crippen LogP contribution in [0.15, 0.2) is 57.6 Å². The fourth-order valence-corrected chi connectivity index (χ4v) is 4.06. The maximum Gasteiger partial charge on any atom is 0.340 e. The van der Waals surface area contributed by atoms with E-state index in [1.165, 1.54) is 12.1 Å². The summed E-state index contributed by atoms with van der Waals surface area (Å²) in [6.07, 6.45) is 0. The number of hydrogen-bond donors (Lipinski definition) is 1. The van der Waals surface area contributed by atoms with Gasteiger partial charge in [0, 0.05) is 15.6 Å². The molecule has 0 radical (unpaired) electrons. The molecule has 29 heavy (non-hydrogen) atoms. The molecule has 1 aliphatic rings. The number of carbonyl (C=O) groups excluding carboxylic acids is 1. The van der Waals surface area contributed by atoms with Gasteiger partial charge in [0.15, 0.2) is 0 Å². The van der Waals surface area contributed by atoms with E-state index in [1.54, 1.807) is 37.3 Å². The van der Waals surface area contributed by atoms with Crippen LogP contribution in [0.5, 0.6) is 0 Å². The highest BCUT2D eigenvalue weighted by Crippen LogP contribution is 2.38. The molecule has 0 saturated heterocycles. The molecule has 3 aromatic rings. The van der Waals surface area contributed by atoms with Crippen molar-refractivity contribution in [2.45, 2.75) is 13.0 Å². The van der Waals surface area contributed by atoms with Gasteiger partial charge < -0.3 is 10.5 Å². The maximum atomic E-state index is 13.3. The molecule has 1 unspecified atom stereocenters. The Morgan fingerprint density at radius 3 is 2.38 bits per heavy atom. The molecule has 0 spiro atoms. The smallest absolute Gasteiger partial charge is 0.340 e. The largest absolute Gasteiger partial charge is 0.462 e. The summed E-state index contributed by atoms with van der Waals surface area (Å²) in [5, 5.41) is 1.01. The average Bonchev–Trinajstić information content (AvgIpc) is 2.99. The summed E-state index contributed by atoms with van der Waals surface area (Å²) in [6.45, 7) is 1.74. The summed E-state index contributed by atoms with van der Waals surface area (Å²) in [5.41, 5.74) is 5.55. The zero-order valence-electron chi connectivity index (χ0n) is 15.2. The van der Waals surface area contributed by atoms with E-state index in [0.29, 0.717) is 10.6 Å². The summed E-state index contributed by atoms with van der Waals surface area (Å²) in [6, 6.07) is 10.0. The highest BCUT2D eigenvalue weighted by molar-refractivity contribution is 6.35. The minimum Gasteiger partial charge on any atom is -0.462 e. The normalized spacial score (nSPS) is 15.6. The van der Waals surface area contributed by atoms with E-state index in [4.69, 9.17) is 33.7 Å². The summed E-state index contributed by atoms with van der Waals surface area (Å²) in [7, 11) is 0. The third-order valence-electron chi connectivity index (χ3n) is 4.78. The van der Waals surface area contributed by atoms with Crippen molar-refractivity contribution < 1.29 is 9.53 Å². The molecule has 4 rings (SSSR count). The van der Waals surface area contributed by atoms with Gasteiger partial charge in [-0.25, -0.2) is 9.48 Å². The van der Waals surface area contributed by atoms with Crippen LogP contribution in [-0.4, -0.2) is 21.9 Å². The van der Waals surface area contributed by atoms with Crippen LogP contribution >= 0.6 is 23.2 Å². The van der Waals surface area contributed by atoms with Gasteiger partial charge in [-0.05, 0) is 31.2 Å². The lowest BCUT2D eigenvalue weighted by atomic mass is 9.99. The average molecular weight is 432 g/mol. The number of fused-ring (bicyclic) bond motifs is 2. The summed E-state index contributed by atoms with van der Waals surface area (Å²) >= 11 is 12.4. The Kier molecular flexibility index (Phi) is 4.72. The number of benzene rings is 2. The molecule has 0 saturated carbocycles. The van der Waals surface area contributed by atoms with Crippen molar-refractivity contribution in [1.82, 2.24) is 9.36 Å². The number of nitrogens with zero attached hydrogens (tertiary/aromatic N) is 2. The molecule has 7 nitrogen and oxygen atoms in total. The maximum absolute atomic E-state index is 13.3. The SMILES string of the molecule is CCOC(=O)C1=C(N)n2c(=O)c3ccccc3c(=O)n2C1c1ccc(Cl)cc1Cl. The molecule has 2 aromatic carbocycles. The molecular formula is C20H15Cl2N3O4. The third-order valence-corrected chi connectivity index (χ3v) is 5.34. The first kappa shape index (κ1) is 19.3. The number of esters is 1. The van der Waals surface area contributed by atoms with E-state index >= 15 is 0 Å². The lowest BCUT2D eigenvalue weighted by Crippen LogP contribution is -2.38. The van der Waals surface area contributed by atoms with Crippen LogP contribution in [-0.2, 0) is 9.53 Å². The van der Waals surface area contributed by atoms with Crippen molar-refractivity contribution in [3.8, 4) is 0 Å².